The van der Waals surface area contributed by atoms with Crippen molar-refractivity contribution < 1.29 is 14.3 Å². The number of ether oxygens (including phenoxy) is 1. The van der Waals surface area contributed by atoms with Crippen molar-refractivity contribution in [3.05, 3.63) is 28.8 Å². The number of hydrogen-bond acceptors (Lipinski definition) is 4. The van der Waals surface area contributed by atoms with E-state index in [9.17, 15) is 9.59 Å². The van der Waals surface area contributed by atoms with Gasteiger partial charge in [0.05, 0.1) is 23.4 Å². The molecule has 0 aliphatic carbocycles. The van der Waals surface area contributed by atoms with E-state index < -0.39 is 5.97 Å². The molecule has 0 unspecified atom stereocenters. The molecule has 5 nitrogen and oxygen atoms in total. The molecule has 110 valence electrons. The van der Waals surface area contributed by atoms with E-state index in [1.165, 1.54) is 13.2 Å². The summed E-state index contributed by atoms with van der Waals surface area (Å²) in [6, 6.07) is 4.93. The largest absolute Gasteiger partial charge is 0.465 e. The second kappa shape index (κ2) is 7.87. The van der Waals surface area contributed by atoms with Crippen molar-refractivity contribution >= 4 is 29.2 Å². The third kappa shape index (κ3) is 5.19. The molecule has 0 saturated carbocycles. The zero-order chi connectivity index (χ0) is 15.1. The molecular weight excluding hydrogens is 280 g/mol. The number of halogens is 1. The monoisotopic (exact) mass is 298 g/mol. The summed E-state index contributed by atoms with van der Waals surface area (Å²) in [6.07, 6.45) is 0.330. The summed E-state index contributed by atoms with van der Waals surface area (Å²) in [5.41, 5.74) is 0.747. The van der Waals surface area contributed by atoms with Crippen LogP contribution >= 0.6 is 11.6 Å². The minimum atomic E-state index is -0.473. The van der Waals surface area contributed by atoms with Crippen molar-refractivity contribution in [1.82, 2.24) is 5.32 Å². The molecule has 0 saturated heterocycles. The van der Waals surface area contributed by atoms with Crippen molar-refractivity contribution in [2.75, 3.05) is 19.0 Å². The Morgan fingerprint density at radius 2 is 2.05 bits per heavy atom. The number of carbonyl (C=O) groups is 2. The van der Waals surface area contributed by atoms with Gasteiger partial charge in [-0.25, -0.2) is 4.79 Å². The normalized spacial score (nSPS) is 10.4. The quantitative estimate of drug-likeness (QED) is 0.792. The standard InChI is InChI=1S/C14H19ClN2O3/c1-9(2)16-7-6-13(18)17-12-8-10(14(19)20-3)4-5-11(12)15/h4-5,8-9,16H,6-7H2,1-3H3,(H,17,18). The molecule has 0 atom stereocenters. The van der Waals surface area contributed by atoms with Gasteiger partial charge >= 0.3 is 5.97 Å². The fourth-order valence-corrected chi connectivity index (χ4v) is 1.72. The Morgan fingerprint density at radius 1 is 1.35 bits per heavy atom. The van der Waals surface area contributed by atoms with Gasteiger partial charge in [0, 0.05) is 19.0 Å². The number of rotatable bonds is 6. The second-order valence-electron chi connectivity index (χ2n) is 4.59. The van der Waals surface area contributed by atoms with E-state index in [1.54, 1.807) is 12.1 Å². The number of nitrogens with one attached hydrogen (secondary N) is 2. The lowest BCUT2D eigenvalue weighted by atomic mass is 10.2. The van der Waals surface area contributed by atoms with Crippen LogP contribution in [0, 0.1) is 0 Å². The summed E-state index contributed by atoms with van der Waals surface area (Å²) in [5, 5.41) is 6.21. The first kappa shape index (κ1) is 16.5. The average Bonchev–Trinajstić information content (AvgIpc) is 2.40. The van der Waals surface area contributed by atoms with Gasteiger partial charge in [-0.15, -0.1) is 0 Å². The van der Waals surface area contributed by atoms with Crippen molar-refractivity contribution in [2.24, 2.45) is 0 Å². The zero-order valence-electron chi connectivity index (χ0n) is 11.8. The van der Waals surface area contributed by atoms with E-state index >= 15 is 0 Å². The minimum Gasteiger partial charge on any atom is -0.465 e. The molecule has 0 bridgehead atoms. The molecule has 0 aromatic heterocycles. The minimum absolute atomic E-state index is 0.165. The highest BCUT2D eigenvalue weighted by Gasteiger charge is 2.11. The van der Waals surface area contributed by atoms with Gasteiger partial charge in [0.1, 0.15) is 0 Å². The van der Waals surface area contributed by atoms with Gasteiger partial charge in [-0.2, -0.15) is 0 Å². The van der Waals surface area contributed by atoms with Crippen LogP contribution in [0.25, 0.3) is 0 Å². The highest BCUT2D eigenvalue weighted by atomic mass is 35.5. The Bertz CT molecular complexity index is 489. The van der Waals surface area contributed by atoms with E-state index in [-0.39, 0.29) is 5.91 Å². The summed E-state index contributed by atoms with van der Waals surface area (Å²) in [6.45, 7) is 4.60. The molecule has 1 amide bonds. The van der Waals surface area contributed by atoms with Crippen LogP contribution in [-0.2, 0) is 9.53 Å². The van der Waals surface area contributed by atoms with Crippen LogP contribution in [0.4, 0.5) is 5.69 Å². The van der Waals surface area contributed by atoms with E-state index in [1.807, 2.05) is 13.8 Å². The van der Waals surface area contributed by atoms with Crippen LogP contribution in [-0.4, -0.2) is 31.6 Å². The Hall–Kier alpha value is -1.59. The fourth-order valence-electron chi connectivity index (χ4n) is 1.55. The summed E-state index contributed by atoms with van der Waals surface area (Å²) in [4.78, 5) is 23.2. The second-order valence-corrected chi connectivity index (χ2v) is 5.00. The maximum absolute atomic E-state index is 11.8. The van der Waals surface area contributed by atoms with Crippen molar-refractivity contribution in [3.8, 4) is 0 Å². The van der Waals surface area contributed by atoms with E-state index in [0.29, 0.717) is 35.3 Å². The lowest BCUT2D eigenvalue weighted by molar-refractivity contribution is -0.116. The Kier molecular flexibility index (Phi) is 6.48. The fraction of sp³-hybridized carbons (Fsp3) is 0.429. The van der Waals surface area contributed by atoms with Crippen molar-refractivity contribution in [1.29, 1.82) is 0 Å². The van der Waals surface area contributed by atoms with Gasteiger partial charge < -0.3 is 15.4 Å². The molecule has 1 rings (SSSR count). The molecule has 1 aromatic carbocycles. The lowest BCUT2D eigenvalue weighted by Gasteiger charge is -2.10. The van der Waals surface area contributed by atoms with Gasteiger partial charge in [-0.1, -0.05) is 25.4 Å². The number of esters is 1. The highest BCUT2D eigenvalue weighted by Crippen LogP contribution is 2.23. The summed E-state index contributed by atoms with van der Waals surface area (Å²) in [5.74, 6) is -0.638. The third-order valence-corrected chi connectivity index (χ3v) is 2.90. The highest BCUT2D eigenvalue weighted by molar-refractivity contribution is 6.33. The Morgan fingerprint density at radius 3 is 2.65 bits per heavy atom. The zero-order valence-corrected chi connectivity index (χ0v) is 12.6. The number of anilines is 1. The van der Waals surface area contributed by atoms with Gasteiger partial charge in [0.2, 0.25) is 5.91 Å². The topological polar surface area (TPSA) is 67.4 Å². The average molecular weight is 299 g/mol. The van der Waals surface area contributed by atoms with Crippen LogP contribution < -0.4 is 10.6 Å². The summed E-state index contributed by atoms with van der Waals surface area (Å²) >= 11 is 5.99. The Balaban J connectivity index is 2.66. The Labute approximate surface area is 123 Å². The van der Waals surface area contributed by atoms with Crippen LogP contribution in [0.15, 0.2) is 18.2 Å². The maximum atomic E-state index is 11.8. The molecule has 1 aromatic rings. The van der Waals surface area contributed by atoms with Gasteiger partial charge in [-0.05, 0) is 18.2 Å². The molecule has 0 spiro atoms. The van der Waals surface area contributed by atoms with E-state index in [4.69, 9.17) is 11.6 Å². The number of amides is 1. The van der Waals surface area contributed by atoms with E-state index in [0.717, 1.165) is 0 Å². The van der Waals surface area contributed by atoms with Crippen molar-refractivity contribution in [2.45, 2.75) is 26.3 Å². The molecule has 0 heterocycles. The third-order valence-electron chi connectivity index (χ3n) is 2.57. The number of benzene rings is 1. The SMILES string of the molecule is COC(=O)c1ccc(Cl)c(NC(=O)CCNC(C)C)c1. The molecule has 6 heteroatoms. The molecule has 20 heavy (non-hydrogen) atoms. The number of methoxy groups -OCH3 is 1. The predicted molar refractivity (Wildman–Crippen MR) is 79.2 cm³/mol. The molecule has 2 N–H and O–H groups in total. The summed E-state index contributed by atoms with van der Waals surface area (Å²) in [7, 11) is 1.30. The van der Waals surface area contributed by atoms with Gasteiger partial charge in [0.25, 0.3) is 0 Å². The molecule has 0 fully saturated rings. The van der Waals surface area contributed by atoms with Crippen LogP contribution in [0.2, 0.25) is 5.02 Å². The molecular formula is C14H19ClN2O3. The lowest BCUT2D eigenvalue weighted by Crippen LogP contribution is -2.27. The molecule has 0 radical (unpaired) electrons. The smallest absolute Gasteiger partial charge is 0.337 e. The first-order valence-electron chi connectivity index (χ1n) is 6.35. The predicted octanol–water partition coefficient (Wildman–Crippen LogP) is 2.45. The van der Waals surface area contributed by atoms with Gasteiger partial charge in [0.15, 0.2) is 0 Å². The van der Waals surface area contributed by atoms with Crippen molar-refractivity contribution in [3.63, 3.8) is 0 Å². The number of carbonyl (C=O) groups excluding carboxylic acids is 2. The molecule has 0 aliphatic heterocycles. The van der Waals surface area contributed by atoms with Crippen LogP contribution in [0.1, 0.15) is 30.6 Å². The first-order valence-corrected chi connectivity index (χ1v) is 6.73. The van der Waals surface area contributed by atoms with Crippen LogP contribution in [0.3, 0.4) is 0 Å². The van der Waals surface area contributed by atoms with Gasteiger partial charge in [-0.3, -0.25) is 4.79 Å². The first-order chi connectivity index (χ1) is 9.43. The van der Waals surface area contributed by atoms with Crippen LogP contribution in [0.5, 0.6) is 0 Å². The van der Waals surface area contributed by atoms with E-state index in [2.05, 4.69) is 15.4 Å². The maximum Gasteiger partial charge on any atom is 0.337 e. The molecule has 0 aliphatic rings. The number of hydrogen-bond donors (Lipinski definition) is 2. The summed E-state index contributed by atoms with van der Waals surface area (Å²) < 4.78 is 4.62.